The van der Waals surface area contributed by atoms with E-state index in [9.17, 15) is 25.9 Å². The summed E-state index contributed by atoms with van der Waals surface area (Å²) in [5, 5.41) is 2.98. The number of ether oxygens (including phenoxy) is 1. The molecule has 10 nitrogen and oxygen atoms in total. The van der Waals surface area contributed by atoms with Crippen molar-refractivity contribution in [3.8, 4) is 5.75 Å². The number of anilines is 2. The Balaban J connectivity index is 0.00000423. The summed E-state index contributed by atoms with van der Waals surface area (Å²) in [6.45, 7) is 2.64. The average Bonchev–Trinajstić information content (AvgIpc) is 3.43. The number of benzene rings is 3. The van der Waals surface area contributed by atoms with Crippen LogP contribution < -0.4 is 48.7 Å². The monoisotopic (exact) mass is 653 g/mol. The smallest absolute Gasteiger partial charge is 0.748 e. The first-order valence-electron chi connectivity index (χ1n) is 13.6. The molecule has 0 N–H and O–H groups in total. The summed E-state index contributed by atoms with van der Waals surface area (Å²) in [4.78, 5) is 4.07. The number of allylic oxidation sites excluding steroid dienone is 1. The van der Waals surface area contributed by atoms with Crippen molar-refractivity contribution in [2.75, 3.05) is 42.0 Å². The van der Waals surface area contributed by atoms with Gasteiger partial charge >= 0.3 is 29.6 Å². The van der Waals surface area contributed by atoms with Crippen molar-refractivity contribution in [1.29, 1.82) is 0 Å². The number of thiazole rings is 1. The maximum Gasteiger partial charge on any atom is 1.00 e. The van der Waals surface area contributed by atoms with Crippen LogP contribution in [0, 0.1) is 0 Å². The van der Waals surface area contributed by atoms with Crippen LogP contribution in [0.5, 0.6) is 5.75 Å². The first-order chi connectivity index (χ1) is 19.9. The molecule has 0 saturated heterocycles. The normalized spacial score (nSPS) is 14.7. The fraction of sp³-hybridized carbons (Fsp3) is 0.345. The van der Waals surface area contributed by atoms with Crippen molar-refractivity contribution in [3.63, 3.8) is 0 Å². The minimum absolute atomic E-state index is 0. The van der Waals surface area contributed by atoms with Crippen LogP contribution in [0.25, 0.3) is 26.6 Å². The Kier molecular flexibility index (Phi) is 10.5. The Morgan fingerprint density at radius 2 is 1.65 bits per heavy atom. The van der Waals surface area contributed by atoms with E-state index in [1.807, 2.05) is 66.2 Å². The molecule has 0 bridgehead atoms. The molecule has 0 fully saturated rings. The van der Waals surface area contributed by atoms with Crippen molar-refractivity contribution in [2.45, 2.75) is 32.7 Å². The maximum absolute atomic E-state index is 11.5. The predicted molar refractivity (Wildman–Crippen MR) is 164 cm³/mol. The van der Waals surface area contributed by atoms with Crippen LogP contribution in [-0.2, 0) is 26.8 Å². The molecule has 224 valence electrons. The second kappa shape index (κ2) is 13.4. The number of nitrogens with zero attached hydrogens (tertiary/aromatic N) is 3. The van der Waals surface area contributed by atoms with Gasteiger partial charge in [-0.3, -0.25) is 0 Å². The molecule has 0 saturated carbocycles. The van der Waals surface area contributed by atoms with Crippen molar-refractivity contribution < 1.29 is 64.8 Å². The molecule has 4 aromatic rings. The molecule has 1 aliphatic heterocycles. The fourth-order valence-electron chi connectivity index (χ4n) is 5.63. The van der Waals surface area contributed by atoms with Crippen LogP contribution in [-0.4, -0.2) is 58.1 Å². The Hall–Kier alpha value is -2.23. The molecule has 0 atom stereocenters. The zero-order valence-electron chi connectivity index (χ0n) is 24.6. The Labute approximate surface area is 278 Å². The second-order valence-corrected chi connectivity index (χ2v) is 14.2. The molecule has 0 spiro atoms. The van der Waals surface area contributed by atoms with Gasteiger partial charge in [0, 0.05) is 37.6 Å². The quantitative estimate of drug-likeness (QED) is 0.133. The van der Waals surface area contributed by atoms with Crippen LogP contribution in [0.2, 0.25) is 0 Å². The third kappa shape index (κ3) is 7.20. The molecule has 3 aromatic carbocycles. The van der Waals surface area contributed by atoms with Crippen LogP contribution >= 0.6 is 11.3 Å². The number of rotatable bonds is 11. The molecule has 0 unspecified atom stereocenters. The summed E-state index contributed by atoms with van der Waals surface area (Å²) in [5.41, 5.74) is 3.66. The first kappa shape index (κ1) is 33.7. The molecule has 5 rings (SSSR count). The van der Waals surface area contributed by atoms with E-state index in [0.717, 1.165) is 48.8 Å². The van der Waals surface area contributed by atoms with Crippen LogP contribution in [0.3, 0.4) is 0 Å². The number of methoxy groups -OCH3 is 1. The topological polar surface area (TPSA) is 134 Å². The molecule has 2 heterocycles. The van der Waals surface area contributed by atoms with Gasteiger partial charge in [0.05, 0.1) is 49.7 Å². The summed E-state index contributed by atoms with van der Waals surface area (Å²) < 4.78 is 77.4. The van der Waals surface area contributed by atoms with Gasteiger partial charge in [0.15, 0.2) is 6.54 Å². The van der Waals surface area contributed by atoms with Gasteiger partial charge in [0.25, 0.3) is 5.01 Å². The Morgan fingerprint density at radius 1 is 0.953 bits per heavy atom. The number of hydrogen-bond donors (Lipinski definition) is 0. The van der Waals surface area contributed by atoms with Gasteiger partial charge < -0.3 is 23.6 Å². The van der Waals surface area contributed by atoms with Crippen molar-refractivity contribution in [2.24, 2.45) is 0 Å². The molecular weight excluding hydrogens is 622 g/mol. The second-order valence-electron chi connectivity index (χ2n) is 10.1. The van der Waals surface area contributed by atoms with Crippen LogP contribution in [0.15, 0.2) is 60.4 Å². The zero-order chi connectivity index (χ0) is 30.2. The molecule has 14 heteroatoms. The van der Waals surface area contributed by atoms with E-state index >= 15 is 0 Å². The predicted octanol–water partition coefficient (Wildman–Crippen LogP) is 1.26. The largest absolute Gasteiger partial charge is 1.00 e. The minimum atomic E-state index is -4.39. The molecule has 1 aromatic heterocycles. The van der Waals surface area contributed by atoms with E-state index in [4.69, 9.17) is 4.74 Å². The average molecular weight is 654 g/mol. The van der Waals surface area contributed by atoms with Gasteiger partial charge in [0.1, 0.15) is 16.3 Å². The summed E-state index contributed by atoms with van der Waals surface area (Å²) in [6.07, 6.45) is 0.893. The third-order valence-electron chi connectivity index (χ3n) is 7.43. The molecule has 0 amide bonds. The number of fused-ring (bicyclic) bond motifs is 4. The minimum Gasteiger partial charge on any atom is -0.748 e. The molecule has 1 aliphatic rings. The van der Waals surface area contributed by atoms with Gasteiger partial charge in [-0.1, -0.05) is 42.5 Å². The number of aryl methyl sites for hydroxylation is 1. The molecule has 0 radical (unpaired) electrons. The molecule has 43 heavy (non-hydrogen) atoms. The summed E-state index contributed by atoms with van der Waals surface area (Å²) in [6, 6.07) is 17.8. The van der Waals surface area contributed by atoms with Gasteiger partial charge in [-0.15, -0.1) is 0 Å². The zero-order valence-corrected chi connectivity index (χ0v) is 29.0. The fourth-order valence-corrected chi connectivity index (χ4v) is 7.91. The van der Waals surface area contributed by atoms with Crippen LogP contribution in [0.1, 0.15) is 31.2 Å². The van der Waals surface area contributed by atoms with Crippen molar-refractivity contribution >= 4 is 69.5 Å². The van der Waals surface area contributed by atoms with Crippen LogP contribution in [0.4, 0.5) is 11.4 Å². The van der Waals surface area contributed by atoms with E-state index in [1.54, 1.807) is 18.4 Å². The van der Waals surface area contributed by atoms with Gasteiger partial charge in [-0.2, -0.15) is 4.57 Å². The van der Waals surface area contributed by atoms with Gasteiger partial charge in [-0.25, -0.2) is 16.8 Å². The van der Waals surface area contributed by atoms with Crippen molar-refractivity contribution in [1.82, 2.24) is 0 Å². The first-order valence-corrected chi connectivity index (χ1v) is 17.5. The van der Waals surface area contributed by atoms with Gasteiger partial charge in [-0.05, 0) is 42.5 Å². The molecule has 0 aliphatic carbocycles. The SMILES string of the molecule is CCC(=C1N(C)c2ccc(OC)cc2N1CCCS(=O)(=O)[O-])c1sc2ccc3ccccc3c2[n+]1CCCS(=O)(=O)[O-].[Na+]. The Bertz CT molecular complexity index is 1910. The summed E-state index contributed by atoms with van der Waals surface area (Å²) in [7, 11) is -5.25. The number of aromatic nitrogens is 1. The standard InChI is InChI=1S/C29H33N3O7S3.Na/c1-4-22(28-30(2)24-13-12-21(39-3)19-25(24)31(28)15-7-17-41(33,34)35)29-32(16-8-18-42(36,37)38)27-23-10-6-5-9-20(23)11-14-26(27)40-29;/h5-6,9-14,19H,4,7-8,15-18H2,1-3H3,(H-,33,34,35,36,37,38);/q;+1/p-1. The van der Waals surface area contributed by atoms with Gasteiger partial charge in [0.2, 0.25) is 5.52 Å². The third-order valence-corrected chi connectivity index (χ3v) is 10.2. The molecular formula is C29H32N3NaO7S3. The van der Waals surface area contributed by atoms with E-state index < -0.39 is 31.7 Å². The van der Waals surface area contributed by atoms with E-state index in [1.165, 1.54) is 0 Å². The van der Waals surface area contributed by atoms with E-state index in [2.05, 4.69) is 16.7 Å². The summed E-state index contributed by atoms with van der Waals surface area (Å²) in [5.74, 6) is 0.524. The van der Waals surface area contributed by atoms with E-state index in [0.29, 0.717) is 18.7 Å². The number of hydrogen-bond acceptors (Lipinski definition) is 10. The summed E-state index contributed by atoms with van der Waals surface area (Å²) >= 11 is 1.59. The maximum atomic E-state index is 11.5. The Morgan fingerprint density at radius 3 is 2.33 bits per heavy atom. The van der Waals surface area contributed by atoms with E-state index in [-0.39, 0.29) is 48.9 Å². The van der Waals surface area contributed by atoms with Crippen molar-refractivity contribution in [3.05, 3.63) is 65.4 Å².